The lowest BCUT2D eigenvalue weighted by Gasteiger charge is -2.15. The first-order valence-electron chi connectivity index (χ1n) is 5.82. The number of ether oxygens (including phenoxy) is 2. The van der Waals surface area contributed by atoms with Crippen LogP contribution in [0.1, 0.15) is 32.3 Å². The lowest BCUT2D eigenvalue weighted by atomic mass is 10.0. The Morgan fingerprint density at radius 3 is 2.31 bits per heavy atom. The maximum absolute atomic E-state index is 5.65. The SMILES string of the molecule is CCOc1ccc([C@@H](C)CN)cc1OCC. The van der Waals surface area contributed by atoms with E-state index in [9.17, 15) is 0 Å². The summed E-state index contributed by atoms with van der Waals surface area (Å²) in [5.41, 5.74) is 6.84. The van der Waals surface area contributed by atoms with Crippen molar-refractivity contribution in [3.63, 3.8) is 0 Å². The van der Waals surface area contributed by atoms with Gasteiger partial charge in [-0.05, 0) is 44.0 Å². The number of nitrogens with two attached hydrogens (primary N) is 1. The first kappa shape index (κ1) is 12.8. The Bertz CT molecular complexity index is 326. The molecule has 3 nitrogen and oxygen atoms in total. The van der Waals surface area contributed by atoms with Crippen molar-refractivity contribution in [3.8, 4) is 11.5 Å². The van der Waals surface area contributed by atoms with Gasteiger partial charge >= 0.3 is 0 Å². The van der Waals surface area contributed by atoms with E-state index in [1.807, 2.05) is 32.0 Å². The zero-order valence-corrected chi connectivity index (χ0v) is 10.3. The van der Waals surface area contributed by atoms with Crippen LogP contribution in [0.4, 0.5) is 0 Å². The highest BCUT2D eigenvalue weighted by molar-refractivity contribution is 5.44. The predicted octanol–water partition coefficient (Wildman–Crippen LogP) is 2.55. The second-order valence-electron chi connectivity index (χ2n) is 3.71. The fourth-order valence-corrected chi connectivity index (χ4v) is 1.51. The molecule has 0 saturated carbocycles. The highest BCUT2D eigenvalue weighted by Crippen LogP contribution is 2.30. The quantitative estimate of drug-likeness (QED) is 0.806. The minimum absolute atomic E-state index is 0.342. The van der Waals surface area contributed by atoms with Crippen molar-refractivity contribution in [2.24, 2.45) is 5.73 Å². The van der Waals surface area contributed by atoms with Crippen LogP contribution in [0.3, 0.4) is 0 Å². The van der Waals surface area contributed by atoms with Crippen LogP contribution in [0.25, 0.3) is 0 Å². The van der Waals surface area contributed by atoms with Crippen molar-refractivity contribution >= 4 is 0 Å². The zero-order chi connectivity index (χ0) is 12.0. The highest BCUT2D eigenvalue weighted by atomic mass is 16.5. The molecule has 0 spiro atoms. The minimum Gasteiger partial charge on any atom is -0.490 e. The Labute approximate surface area is 97.6 Å². The second-order valence-corrected chi connectivity index (χ2v) is 3.71. The van der Waals surface area contributed by atoms with Crippen molar-refractivity contribution in [1.82, 2.24) is 0 Å². The van der Waals surface area contributed by atoms with Crippen molar-refractivity contribution in [2.75, 3.05) is 19.8 Å². The van der Waals surface area contributed by atoms with Gasteiger partial charge < -0.3 is 15.2 Å². The van der Waals surface area contributed by atoms with Crippen LogP contribution in [0, 0.1) is 0 Å². The van der Waals surface area contributed by atoms with Crippen molar-refractivity contribution in [2.45, 2.75) is 26.7 Å². The van der Waals surface area contributed by atoms with Gasteiger partial charge in [-0.25, -0.2) is 0 Å². The molecule has 1 aromatic carbocycles. The smallest absolute Gasteiger partial charge is 0.161 e. The van der Waals surface area contributed by atoms with Gasteiger partial charge in [0.1, 0.15) is 0 Å². The van der Waals surface area contributed by atoms with E-state index in [-0.39, 0.29) is 0 Å². The third-order valence-electron chi connectivity index (χ3n) is 2.49. The summed E-state index contributed by atoms with van der Waals surface area (Å²) in [6.45, 7) is 7.96. The molecule has 0 heterocycles. The van der Waals surface area contributed by atoms with Gasteiger partial charge in [0.05, 0.1) is 13.2 Å². The molecule has 2 N–H and O–H groups in total. The molecular formula is C13H21NO2. The topological polar surface area (TPSA) is 44.5 Å². The molecule has 0 aliphatic carbocycles. The first-order chi connectivity index (χ1) is 7.72. The Morgan fingerprint density at radius 2 is 1.75 bits per heavy atom. The summed E-state index contributed by atoms with van der Waals surface area (Å²) in [4.78, 5) is 0. The summed E-state index contributed by atoms with van der Waals surface area (Å²) in [6, 6.07) is 6.02. The Hall–Kier alpha value is -1.22. The van der Waals surface area contributed by atoms with Gasteiger partial charge in [0.25, 0.3) is 0 Å². The Morgan fingerprint density at radius 1 is 1.12 bits per heavy atom. The number of hydrogen-bond acceptors (Lipinski definition) is 3. The molecule has 0 unspecified atom stereocenters. The standard InChI is InChI=1S/C13H21NO2/c1-4-15-12-7-6-11(10(3)9-14)8-13(12)16-5-2/h6-8,10H,4-5,9,14H2,1-3H3/t10-/m0/s1. The molecule has 1 rings (SSSR count). The van der Waals surface area contributed by atoms with Crippen molar-refractivity contribution < 1.29 is 9.47 Å². The van der Waals surface area contributed by atoms with Gasteiger partial charge in [-0.2, -0.15) is 0 Å². The average molecular weight is 223 g/mol. The van der Waals surface area contributed by atoms with E-state index in [4.69, 9.17) is 15.2 Å². The lowest BCUT2D eigenvalue weighted by Crippen LogP contribution is -2.09. The molecule has 0 aliphatic rings. The molecule has 0 fully saturated rings. The molecule has 3 heteroatoms. The van der Waals surface area contributed by atoms with Gasteiger partial charge in [-0.15, -0.1) is 0 Å². The largest absolute Gasteiger partial charge is 0.490 e. The van der Waals surface area contributed by atoms with Crippen molar-refractivity contribution in [3.05, 3.63) is 23.8 Å². The van der Waals surface area contributed by atoms with Crippen LogP contribution in [0.5, 0.6) is 11.5 Å². The van der Waals surface area contributed by atoms with Crippen LogP contribution in [0.15, 0.2) is 18.2 Å². The average Bonchev–Trinajstić information content (AvgIpc) is 2.31. The third-order valence-corrected chi connectivity index (χ3v) is 2.49. The molecule has 16 heavy (non-hydrogen) atoms. The lowest BCUT2D eigenvalue weighted by molar-refractivity contribution is 0.287. The maximum Gasteiger partial charge on any atom is 0.161 e. The molecule has 1 atom stereocenters. The minimum atomic E-state index is 0.342. The van der Waals surface area contributed by atoms with Crippen LogP contribution in [-0.4, -0.2) is 19.8 Å². The van der Waals surface area contributed by atoms with E-state index in [2.05, 4.69) is 6.92 Å². The van der Waals surface area contributed by atoms with E-state index >= 15 is 0 Å². The van der Waals surface area contributed by atoms with Crippen LogP contribution in [0.2, 0.25) is 0 Å². The van der Waals surface area contributed by atoms with Crippen molar-refractivity contribution in [1.29, 1.82) is 0 Å². The normalized spacial score (nSPS) is 12.2. The predicted molar refractivity (Wildman–Crippen MR) is 66.2 cm³/mol. The fourth-order valence-electron chi connectivity index (χ4n) is 1.51. The summed E-state index contributed by atoms with van der Waals surface area (Å²) < 4.78 is 11.1. The van der Waals surface area contributed by atoms with E-state index in [1.54, 1.807) is 0 Å². The molecule has 0 aromatic heterocycles. The summed E-state index contributed by atoms with van der Waals surface area (Å²) >= 11 is 0. The Kier molecular flexibility index (Phi) is 5.12. The van der Waals surface area contributed by atoms with Crippen LogP contribution in [-0.2, 0) is 0 Å². The summed E-state index contributed by atoms with van der Waals surface area (Å²) in [5, 5.41) is 0. The number of benzene rings is 1. The van der Waals surface area contributed by atoms with E-state index < -0.39 is 0 Å². The monoisotopic (exact) mass is 223 g/mol. The molecule has 1 aromatic rings. The number of hydrogen-bond donors (Lipinski definition) is 1. The van der Waals surface area contributed by atoms with Gasteiger partial charge in [-0.1, -0.05) is 13.0 Å². The molecular weight excluding hydrogens is 202 g/mol. The summed E-state index contributed by atoms with van der Waals surface area (Å²) in [5.74, 6) is 1.95. The van der Waals surface area contributed by atoms with Gasteiger partial charge in [0.15, 0.2) is 11.5 Å². The third kappa shape index (κ3) is 3.14. The van der Waals surface area contributed by atoms with E-state index in [0.717, 1.165) is 11.5 Å². The fraction of sp³-hybridized carbons (Fsp3) is 0.538. The van der Waals surface area contributed by atoms with E-state index in [1.165, 1.54) is 5.56 Å². The molecule has 0 saturated heterocycles. The molecule has 0 radical (unpaired) electrons. The maximum atomic E-state index is 5.65. The van der Waals surface area contributed by atoms with Crippen LogP contribution < -0.4 is 15.2 Å². The highest BCUT2D eigenvalue weighted by Gasteiger charge is 2.09. The van der Waals surface area contributed by atoms with Crippen LogP contribution >= 0.6 is 0 Å². The summed E-state index contributed by atoms with van der Waals surface area (Å²) in [7, 11) is 0. The van der Waals surface area contributed by atoms with E-state index in [0.29, 0.717) is 25.7 Å². The molecule has 90 valence electrons. The second kappa shape index (κ2) is 6.38. The molecule has 0 amide bonds. The molecule has 0 aliphatic heterocycles. The van der Waals surface area contributed by atoms with Gasteiger partial charge in [0.2, 0.25) is 0 Å². The van der Waals surface area contributed by atoms with Gasteiger partial charge in [0, 0.05) is 0 Å². The first-order valence-corrected chi connectivity index (χ1v) is 5.82. The summed E-state index contributed by atoms with van der Waals surface area (Å²) in [6.07, 6.45) is 0. The Balaban J connectivity index is 2.96. The number of rotatable bonds is 6. The zero-order valence-electron chi connectivity index (χ0n) is 10.3. The molecule has 0 bridgehead atoms. The van der Waals surface area contributed by atoms with Gasteiger partial charge in [-0.3, -0.25) is 0 Å².